The molecule has 2 saturated heterocycles. The first-order valence-electron chi connectivity index (χ1n) is 12.1. The van der Waals surface area contributed by atoms with Crippen LogP contribution in [0.2, 0.25) is 0 Å². The van der Waals surface area contributed by atoms with E-state index in [9.17, 15) is 19.5 Å². The zero-order valence-electron chi connectivity index (χ0n) is 20.5. The summed E-state index contributed by atoms with van der Waals surface area (Å²) in [4.78, 5) is 40.7. The van der Waals surface area contributed by atoms with Crippen LogP contribution < -0.4 is 0 Å². The number of carbonyl (C=O) groups is 3. The summed E-state index contributed by atoms with van der Waals surface area (Å²) in [5.41, 5.74) is 3.67. The molecule has 36 heavy (non-hydrogen) atoms. The Labute approximate surface area is 209 Å². The van der Waals surface area contributed by atoms with Gasteiger partial charge in [-0.1, -0.05) is 48.5 Å². The van der Waals surface area contributed by atoms with E-state index >= 15 is 0 Å². The maximum absolute atomic E-state index is 13.4. The predicted molar refractivity (Wildman–Crippen MR) is 130 cm³/mol. The Hall–Kier alpha value is -3.59. The molecule has 3 aliphatic rings. The molecule has 1 N–H and O–H groups in total. The molecule has 0 bridgehead atoms. The van der Waals surface area contributed by atoms with E-state index in [1.165, 1.54) is 9.80 Å². The van der Waals surface area contributed by atoms with Crippen LogP contribution >= 0.6 is 0 Å². The van der Waals surface area contributed by atoms with Crippen molar-refractivity contribution in [1.29, 1.82) is 0 Å². The Bertz CT molecular complexity index is 1150. The first-order chi connectivity index (χ1) is 17.1. The molecule has 2 amide bonds. The van der Waals surface area contributed by atoms with Crippen LogP contribution in [-0.4, -0.2) is 83.2 Å². The first kappa shape index (κ1) is 24.1. The molecular formula is C27H30N2O7. The van der Waals surface area contributed by atoms with Gasteiger partial charge in [-0.05, 0) is 43.0 Å². The van der Waals surface area contributed by atoms with Crippen LogP contribution in [0.1, 0.15) is 37.8 Å². The van der Waals surface area contributed by atoms with Gasteiger partial charge in [0.05, 0.1) is 25.3 Å². The topological polar surface area (TPSA) is 106 Å². The summed E-state index contributed by atoms with van der Waals surface area (Å²) in [6.07, 6.45) is -1.78. The molecule has 2 aliphatic heterocycles. The molecule has 0 spiro atoms. The molecular weight excluding hydrogens is 464 g/mol. The smallest absolute Gasteiger partial charge is 0.411 e. The lowest BCUT2D eigenvalue weighted by Gasteiger charge is -2.40. The van der Waals surface area contributed by atoms with Crippen LogP contribution in [0.5, 0.6) is 0 Å². The lowest BCUT2D eigenvalue weighted by atomic mass is 9.98. The van der Waals surface area contributed by atoms with Crippen LogP contribution in [0.25, 0.3) is 11.1 Å². The number of ether oxygens (including phenoxy) is 3. The Morgan fingerprint density at radius 3 is 2.17 bits per heavy atom. The zero-order chi connectivity index (χ0) is 25.6. The average molecular weight is 495 g/mol. The minimum absolute atomic E-state index is 0.0731. The van der Waals surface area contributed by atoms with Crippen LogP contribution in [0.3, 0.4) is 0 Å². The van der Waals surface area contributed by atoms with Crippen molar-refractivity contribution in [2.24, 2.45) is 0 Å². The number of benzene rings is 2. The number of fused-ring (bicyclic) bond motifs is 4. The standard InChI is InChI=1S/C27H30N2O7/c1-27(2,3)36-25(32)28-12-21-23(13-28)34-15-22(24(30)31)29(21)26(33)35-14-20-18-10-6-4-8-16(18)17-9-5-7-11-19(17)20/h4-11,20-23H,12-15H2,1-3H3,(H,30,31)/t21-,22-,23-/m0/s1. The van der Waals surface area contributed by atoms with Crippen LogP contribution in [0, 0.1) is 0 Å². The Kier molecular flexibility index (Phi) is 6.12. The van der Waals surface area contributed by atoms with Gasteiger partial charge in [-0.3, -0.25) is 4.90 Å². The summed E-state index contributed by atoms with van der Waals surface area (Å²) in [7, 11) is 0. The van der Waals surface area contributed by atoms with Crippen molar-refractivity contribution in [2.75, 3.05) is 26.3 Å². The molecule has 2 aromatic carbocycles. The molecule has 9 nitrogen and oxygen atoms in total. The molecule has 3 atom stereocenters. The SMILES string of the molecule is CC(C)(C)OC(=O)N1C[C@@H]2OC[C@@H](C(=O)O)N(C(=O)OCC3c4ccccc4-c4ccccc43)[C@H]2C1. The molecule has 0 radical (unpaired) electrons. The van der Waals surface area contributed by atoms with Gasteiger partial charge in [0.2, 0.25) is 0 Å². The highest BCUT2D eigenvalue weighted by Gasteiger charge is 2.51. The second kappa shape index (κ2) is 9.13. The van der Waals surface area contributed by atoms with E-state index in [2.05, 4.69) is 0 Å². The van der Waals surface area contributed by atoms with E-state index < -0.39 is 41.9 Å². The summed E-state index contributed by atoms with van der Waals surface area (Å²) in [5, 5.41) is 9.81. The van der Waals surface area contributed by atoms with Crippen molar-refractivity contribution in [3.8, 4) is 11.1 Å². The monoisotopic (exact) mass is 494 g/mol. The molecule has 2 heterocycles. The third-order valence-corrected chi connectivity index (χ3v) is 6.88. The number of aliphatic carboxylic acids is 1. The van der Waals surface area contributed by atoms with E-state index in [1.807, 2.05) is 48.5 Å². The number of hydrogen-bond donors (Lipinski definition) is 1. The fourth-order valence-electron chi connectivity index (χ4n) is 5.31. The minimum atomic E-state index is -1.21. The number of nitrogens with zero attached hydrogens (tertiary/aromatic N) is 2. The number of carboxylic acids is 1. The van der Waals surface area contributed by atoms with E-state index in [0.29, 0.717) is 0 Å². The van der Waals surface area contributed by atoms with Crippen molar-refractivity contribution in [2.45, 2.75) is 50.5 Å². The average Bonchev–Trinajstić information content (AvgIpc) is 3.40. The lowest BCUT2D eigenvalue weighted by Crippen LogP contribution is -2.61. The summed E-state index contributed by atoms with van der Waals surface area (Å²) < 4.78 is 17.0. The highest BCUT2D eigenvalue weighted by atomic mass is 16.6. The number of carboxylic acid groups (broad SMARTS) is 1. The van der Waals surface area contributed by atoms with Crippen molar-refractivity contribution >= 4 is 18.2 Å². The van der Waals surface area contributed by atoms with E-state index in [1.54, 1.807) is 20.8 Å². The predicted octanol–water partition coefficient (Wildman–Crippen LogP) is 3.71. The molecule has 0 aromatic heterocycles. The van der Waals surface area contributed by atoms with Crippen LogP contribution in [0.15, 0.2) is 48.5 Å². The molecule has 2 fully saturated rings. The molecule has 5 rings (SSSR count). The van der Waals surface area contributed by atoms with Gasteiger partial charge in [-0.15, -0.1) is 0 Å². The fraction of sp³-hybridized carbons (Fsp3) is 0.444. The number of hydrogen-bond acceptors (Lipinski definition) is 6. The van der Waals surface area contributed by atoms with Gasteiger partial charge in [0, 0.05) is 12.5 Å². The molecule has 0 saturated carbocycles. The van der Waals surface area contributed by atoms with Gasteiger partial charge in [0.25, 0.3) is 0 Å². The first-order valence-corrected chi connectivity index (χ1v) is 12.1. The van der Waals surface area contributed by atoms with Crippen molar-refractivity contribution in [3.05, 3.63) is 59.7 Å². The van der Waals surface area contributed by atoms with Gasteiger partial charge < -0.3 is 24.2 Å². The largest absolute Gasteiger partial charge is 0.480 e. The van der Waals surface area contributed by atoms with Gasteiger partial charge in [-0.25, -0.2) is 14.4 Å². The van der Waals surface area contributed by atoms with Crippen molar-refractivity contribution in [1.82, 2.24) is 9.80 Å². The fourth-order valence-corrected chi connectivity index (χ4v) is 5.31. The molecule has 190 valence electrons. The summed E-state index contributed by atoms with van der Waals surface area (Å²) >= 11 is 0. The summed E-state index contributed by atoms with van der Waals surface area (Å²) in [6.45, 7) is 5.52. The third-order valence-electron chi connectivity index (χ3n) is 6.88. The van der Waals surface area contributed by atoms with Crippen molar-refractivity contribution in [3.63, 3.8) is 0 Å². The Morgan fingerprint density at radius 1 is 0.972 bits per heavy atom. The van der Waals surface area contributed by atoms with E-state index in [0.717, 1.165) is 22.3 Å². The molecule has 0 unspecified atom stereocenters. The van der Waals surface area contributed by atoms with Crippen LogP contribution in [-0.2, 0) is 19.0 Å². The second-order valence-electron chi connectivity index (χ2n) is 10.4. The van der Waals surface area contributed by atoms with E-state index in [-0.39, 0.29) is 32.2 Å². The number of amides is 2. The van der Waals surface area contributed by atoms with Gasteiger partial charge in [0.15, 0.2) is 6.04 Å². The summed E-state index contributed by atoms with van der Waals surface area (Å²) in [5.74, 6) is -1.33. The van der Waals surface area contributed by atoms with Crippen molar-refractivity contribution < 1.29 is 33.7 Å². The molecule has 2 aromatic rings. The maximum atomic E-state index is 13.4. The van der Waals surface area contributed by atoms with Gasteiger partial charge in [0.1, 0.15) is 12.2 Å². The minimum Gasteiger partial charge on any atom is -0.480 e. The summed E-state index contributed by atoms with van der Waals surface area (Å²) in [6, 6.07) is 14.1. The van der Waals surface area contributed by atoms with E-state index in [4.69, 9.17) is 14.2 Å². The second-order valence-corrected chi connectivity index (χ2v) is 10.4. The maximum Gasteiger partial charge on any atom is 0.411 e. The Balaban J connectivity index is 1.34. The Morgan fingerprint density at radius 2 is 1.58 bits per heavy atom. The highest BCUT2D eigenvalue weighted by molar-refractivity contribution is 5.82. The third kappa shape index (κ3) is 4.39. The van der Waals surface area contributed by atoms with Gasteiger partial charge >= 0.3 is 18.2 Å². The zero-order valence-corrected chi connectivity index (χ0v) is 20.5. The normalized spacial score (nSPS) is 23.0. The van der Waals surface area contributed by atoms with Gasteiger partial charge in [-0.2, -0.15) is 0 Å². The van der Waals surface area contributed by atoms with Crippen LogP contribution in [0.4, 0.5) is 9.59 Å². The molecule has 1 aliphatic carbocycles. The number of morpholine rings is 1. The highest BCUT2D eigenvalue weighted by Crippen LogP contribution is 2.44. The lowest BCUT2D eigenvalue weighted by molar-refractivity contribution is -0.154. The number of carbonyl (C=O) groups excluding carboxylic acids is 2. The number of rotatable bonds is 3. The quantitative estimate of drug-likeness (QED) is 0.693. The molecule has 9 heteroatoms. The number of likely N-dealkylation sites (tertiary alicyclic amines) is 1.